The predicted molar refractivity (Wildman–Crippen MR) is 290 cm³/mol. The second kappa shape index (κ2) is 23.4. The Morgan fingerprint density at radius 1 is 0.883 bits per heavy atom. The van der Waals surface area contributed by atoms with Gasteiger partial charge in [0.2, 0.25) is 5.91 Å². The Morgan fingerprint density at radius 3 is 2.22 bits per heavy atom. The number of ether oxygens (including phenoxy) is 4. The first-order valence-electron chi connectivity index (χ1n) is 27.2. The van der Waals surface area contributed by atoms with Crippen molar-refractivity contribution in [3.05, 3.63) is 93.9 Å². The second-order valence-electron chi connectivity index (χ2n) is 22.6. The van der Waals surface area contributed by atoms with E-state index in [-0.39, 0.29) is 55.7 Å². The fourth-order valence-corrected chi connectivity index (χ4v) is 11.7. The Labute approximate surface area is 450 Å². The molecule has 2 amide bonds. The molecule has 0 aromatic heterocycles. The number of esters is 1. The summed E-state index contributed by atoms with van der Waals surface area (Å²) in [7, 11) is 1.45. The molecule has 6 aliphatic rings. The molecule has 0 radical (unpaired) electrons. The SMILES string of the molecule is CO[C@H]1/C=C/O[C@@]2(C)Oc3c(C)c(O)c4c(O)c(c5c(c4c3C2=O)=NC2(CCN(CC(C)C)CC2)N=5)NC(=O)/C(C)=C\C=C\[C@H](C)[C@H](O)[C@@H](C)[C@@H](O)[C@@H](C)[C@H](OC(=O)CC(=O)NC2CCN(Cc3ccccc3)CC2)[C@@H]1C. The molecule has 0 saturated carbocycles. The number of nitrogens with zero attached hydrogens (tertiary/aromatic N) is 4. The smallest absolute Gasteiger partial charge is 0.315 e. The molecular weight excluding hydrogens is 985 g/mol. The van der Waals surface area contributed by atoms with Crippen molar-refractivity contribution < 1.29 is 58.6 Å². The number of allylic oxidation sites excluding steroid dienone is 2. The van der Waals surface area contributed by atoms with Crippen molar-refractivity contribution in [2.24, 2.45) is 39.6 Å². The van der Waals surface area contributed by atoms with Gasteiger partial charge in [-0.25, -0.2) is 0 Å². The number of methoxy groups -OCH3 is 1. The summed E-state index contributed by atoms with van der Waals surface area (Å²) < 4.78 is 24.7. The second-order valence-corrected chi connectivity index (χ2v) is 22.6. The van der Waals surface area contributed by atoms with Gasteiger partial charge in [-0.15, -0.1) is 0 Å². The van der Waals surface area contributed by atoms with Gasteiger partial charge in [0, 0.05) is 112 Å². The van der Waals surface area contributed by atoms with Gasteiger partial charge in [0.1, 0.15) is 35.1 Å². The number of phenols is 2. The summed E-state index contributed by atoms with van der Waals surface area (Å²) in [5.74, 6) is -7.88. The number of carbonyl (C=O) groups excluding carboxylic acids is 4. The summed E-state index contributed by atoms with van der Waals surface area (Å²) in [6.45, 7) is 20.4. The van der Waals surface area contributed by atoms with Crippen molar-refractivity contribution in [3.63, 3.8) is 0 Å². The van der Waals surface area contributed by atoms with Crippen LogP contribution in [0.3, 0.4) is 0 Å². The van der Waals surface area contributed by atoms with Crippen LogP contribution >= 0.6 is 0 Å². The molecule has 0 aliphatic carbocycles. The standard InChI is InChI=1S/C59H78N6O12/c1-32(2)30-65-26-22-59(23-27-65)62-47-44-45-52(70)38(8)55-46(44)56(72)58(9,77-55)75-28-21-41(74-10)35(5)54(76-43(67)29-42(66)60-40-19-24-64(25-20-40)31-39-17-12-11-13-18-39)37(7)51(69)36(6)50(68)33(3)15-14-16-34(4)57(73)61-49(53(45)71)48(47)63-59/h11-18,21,28,32-33,35-37,40-41,50-51,54,68-71H,19-20,22-27,29-31H2,1-10H3,(H,60,66)(H,61,73)/b15-14+,28-21+,34-16-/t33-,35+,36+,37+,41-,50-,51+,54+,58-/m0/s1. The molecule has 1 spiro atoms. The Morgan fingerprint density at radius 2 is 1.56 bits per heavy atom. The molecule has 3 aromatic rings. The van der Waals surface area contributed by atoms with Crippen molar-refractivity contribution in [1.29, 1.82) is 0 Å². The molecular formula is C59H78N6O12. The predicted octanol–water partition coefficient (Wildman–Crippen LogP) is 5.90. The van der Waals surface area contributed by atoms with Crippen molar-refractivity contribution in [2.75, 3.05) is 45.2 Å². The summed E-state index contributed by atoms with van der Waals surface area (Å²) in [6.07, 6.45) is 5.23. The number of hydrogen-bond acceptors (Lipinski definition) is 16. The molecule has 9 atom stereocenters. The number of anilines is 1. The zero-order valence-corrected chi connectivity index (χ0v) is 46.2. The maximum atomic E-state index is 15.0. The molecule has 5 bridgehead atoms. The van der Waals surface area contributed by atoms with E-state index in [9.17, 15) is 39.6 Å². The summed E-state index contributed by atoms with van der Waals surface area (Å²) in [4.78, 5) is 71.4. The van der Waals surface area contributed by atoms with Gasteiger partial charge in [0.05, 0.1) is 40.9 Å². The van der Waals surface area contributed by atoms with Crippen molar-refractivity contribution >= 4 is 40.0 Å². The number of hydrogen-bond donors (Lipinski definition) is 6. The lowest BCUT2D eigenvalue weighted by molar-refractivity contribution is -0.164. The van der Waals surface area contributed by atoms with Gasteiger partial charge >= 0.3 is 11.8 Å². The minimum Gasteiger partial charge on any atom is -0.507 e. The molecule has 3 aromatic carbocycles. The third-order valence-corrected chi connectivity index (χ3v) is 16.4. The van der Waals surface area contributed by atoms with Crippen LogP contribution in [0.2, 0.25) is 0 Å². The number of aliphatic hydroxyl groups excluding tert-OH is 2. The van der Waals surface area contributed by atoms with Gasteiger partial charge < -0.3 is 54.9 Å². The molecule has 0 unspecified atom stereocenters. The number of benzene rings is 3. The van der Waals surface area contributed by atoms with Crippen LogP contribution in [0.5, 0.6) is 17.2 Å². The molecule has 416 valence electrons. The van der Waals surface area contributed by atoms with E-state index in [1.165, 1.54) is 31.9 Å². The third kappa shape index (κ3) is 12.0. The van der Waals surface area contributed by atoms with Crippen LogP contribution in [0.1, 0.15) is 109 Å². The molecule has 77 heavy (non-hydrogen) atoms. The highest BCUT2D eigenvalue weighted by molar-refractivity contribution is 6.19. The number of aliphatic hydroxyl groups is 2. The van der Waals surface area contributed by atoms with Crippen LogP contribution in [0.25, 0.3) is 10.8 Å². The highest BCUT2D eigenvalue weighted by atomic mass is 16.7. The maximum Gasteiger partial charge on any atom is 0.315 e. The zero-order chi connectivity index (χ0) is 55.7. The van der Waals surface area contributed by atoms with Gasteiger partial charge in [0.15, 0.2) is 11.4 Å². The number of Topliss-reactive ketones (excluding diaryl/α,β-unsaturated/α-hetero) is 1. The van der Waals surface area contributed by atoms with E-state index >= 15 is 0 Å². The van der Waals surface area contributed by atoms with Gasteiger partial charge in [0.25, 0.3) is 11.7 Å². The summed E-state index contributed by atoms with van der Waals surface area (Å²) >= 11 is 0. The van der Waals surface area contributed by atoms with E-state index in [4.69, 9.17) is 28.9 Å². The molecule has 6 aliphatic heterocycles. The first-order chi connectivity index (χ1) is 36.5. The summed E-state index contributed by atoms with van der Waals surface area (Å²) in [5.41, 5.74) is 0.516. The lowest BCUT2D eigenvalue weighted by atomic mass is 9.78. The van der Waals surface area contributed by atoms with E-state index in [1.807, 2.05) is 18.2 Å². The average molecular weight is 1060 g/mol. The number of nitrogens with one attached hydrogen (secondary N) is 2. The van der Waals surface area contributed by atoms with Crippen molar-refractivity contribution in [3.8, 4) is 17.2 Å². The number of piperidine rings is 2. The Bertz CT molecular complexity index is 2940. The highest BCUT2D eigenvalue weighted by Crippen LogP contribution is 2.50. The number of phenolic OH excluding ortho intramolecular Hbond substituents is 2. The monoisotopic (exact) mass is 1060 g/mol. The minimum absolute atomic E-state index is 0.00831. The topological polar surface area (TPSA) is 241 Å². The van der Waals surface area contributed by atoms with E-state index in [1.54, 1.807) is 59.8 Å². The van der Waals surface area contributed by atoms with Crippen LogP contribution in [-0.2, 0) is 35.1 Å². The van der Waals surface area contributed by atoms with Crippen LogP contribution in [0, 0.1) is 36.5 Å². The molecule has 9 rings (SSSR count). The number of carbonyl (C=O) groups is 4. The van der Waals surface area contributed by atoms with Gasteiger partial charge in [-0.3, -0.25) is 34.1 Å². The summed E-state index contributed by atoms with van der Waals surface area (Å²) in [6, 6.07) is 10.1. The Hall–Kier alpha value is -6.18. The van der Waals surface area contributed by atoms with E-state index in [0.717, 1.165) is 39.0 Å². The molecule has 6 N–H and O–H groups in total. The van der Waals surface area contributed by atoms with Gasteiger partial charge in [-0.1, -0.05) is 90.1 Å². The Kier molecular flexibility index (Phi) is 17.3. The highest BCUT2D eigenvalue weighted by Gasteiger charge is 2.50. The maximum absolute atomic E-state index is 15.0. The van der Waals surface area contributed by atoms with Crippen molar-refractivity contribution in [2.45, 2.75) is 143 Å². The fraction of sp³-hybridized carbons (Fsp3) is 0.559. The number of likely N-dealkylation sites (tertiary alicyclic amines) is 2. The third-order valence-electron chi connectivity index (χ3n) is 16.4. The fourth-order valence-electron chi connectivity index (χ4n) is 11.7. The first-order valence-corrected chi connectivity index (χ1v) is 27.2. The number of aromatic hydroxyl groups is 2. The van der Waals surface area contributed by atoms with Crippen LogP contribution in [0.4, 0.5) is 5.69 Å². The average Bonchev–Trinajstić information content (AvgIpc) is 3.90. The van der Waals surface area contributed by atoms with Crippen LogP contribution < -0.4 is 26.1 Å². The lowest BCUT2D eigenvalue weighted by Crippen LogP contribution is -2.47. The van der Waals surface area contributed by atoms with Crippen LogP contribution in [-0.4, -0.2) is 136 Å². The quantitative estimate of drug-likeness (QED) is 0.0831. The summed E-state index contributed by atoms with van der Waals surface area (Å²) in [5, 5.41) is 54.1. The Balaban J connectivity index is 1.11. The van der Waals surface area contributed by atoms with Crippen LogP contribution in [0.15, 0.2) is 76.5 Å². The molecule has 2 fully saturated rings. The van der Waals surface area contributed by atoms with E-state index in [0.29, 0.717) is 31.8 Å². The molecule has 6 heterocycles. The number of rotatable bonds is 9. The molecule has 18 nitrogen and oxygen atoms in total. The number of fused-ring (bicyclic) bond motifs is 13. The molecule has 18 heteroatoms. The van der Waals surface area contributed by atoms with Gasteiger partial charge in [-0.2, -0.15) is 0 Å². The molecule has 2 saturated heterocycles. The van der Waals surface area contributed by atoms with E-state index in [2.05, 4.69) is 46.4 Å². The van der Waals surface area contributed by atoms with E-state index < -0.39 is 101 Å². The lowest BCUT2D eigenvalue weighted by Gasteiger charge is -2.38. The zero-order valence-electron chi connectivity index (χ0n) is 46.2. The number of amides is 2. The minimum atomic E-state index is -2.02. The van der Waals surface area contributed by atoms with Gasteiger partial charge in [-0.05, 0) is 44.2 Å². The largest absolute Gasteiger partial charge is 0.507 e. The van der Waals surface area contributed by atoms with Crippen molar-refractivity contribution in [1.82, 2.24) is 15.1 Å². The number of ketones is 1. The normalized spacial score (nSPS) is 29.9. The first kappa shape index (κ1) is 57.0.